The molecule has 2 rings (SSSR count). The van der Waals surface area contributed by atoms with Crippen LogP contribution in [0.2, 0.25) is 0 Å². The summed E-state index contributed by atoms with van der Waals surface area (Å²) >= 11 is 0. The predicted molar refractivity (Wildman–Crippen MR) is 89.9 cm³/mol. The fraction of sp³-hybridized carbons (Fsp3) is 0.353. The molecule has 2 aromatic rings. The number of hydrogen-bond donors (Lipinski definition) is 1. The van der Waals surface area contributed by atoms with Crippen molar-refractivity contribution in [2.75, 3.05) is 20.8 Å². The molecule has 0 unspecified atom stereocenters. The van der Waals surface area contributed by atoms with Gasteiger partial charge in [-0.1, -0.05) is 0 Å². The van der Waals surface area contributed by atoms with Crippen LogP contribution >= 0.6 is 0 Å². The van der Waals surface area contributed by atoms with E-state index < -0.39 is 0 Å². The second-order valence-corrected chi connectivity index (χ2v) is 5.28. The van der Waals surface area contributed by atoms with Gasteiger partial charge in [0, 0.05) is 29.9 Å². The van der Waals surface area contributed by atoms with E-state index in [-0.39, 0.29) is 11.5 Å². The average Bonchev–Trinajstić information content (AvgIpc) is 2.60. The number of ether oxygens (including phenoxy) is 2. The van der Waals surface area contributed by atoms with Crippen LogP contribution in [0.15, 0.2) is 29.3 Å². The van der Waals surface area contributed by atoms with Gasteiger partial charge < -0.3 is 14.8 Å². The number of rotatable bonds is 6. The van der Waals surface area contributed by atoms with Crippen LogP contribution in [0, 0.1) is 13.8 Å². The molecule has 7 nitrogen and oxygen atoms in total. The third-order valence-corrected chi connectivity index (χ3v) is 3.80. The summed E-state index contributed by atoms with van der Waals surface area (Å²) in [6.45, 7) is 4.20. The van der Waals surface area contributed by atoms with Crippen LogP contribution in [-0.2, 0) is 6.54 Å². The third-order valence-electron chi connectivity index (χ3n) is 3.80. The Balaban J connectivity index is 2.01. The van der Waals surface area contributed by atoms with E-state index in [9.17, 15) is 9.59 Å². The minimum Gasteiger partial charge on any atom is -0.493 e. The van der Waals surface area contributed by atoms with E-state index in [1.807, 2.05) is 0 Å². The first kappa shape index (κ1) is 17.5. The summed E-state index contributed by atoms with van der Waals surface area (Å²) in [5.74, 6) is 0.794. The highest BCUT2D eigenvalue weighted by Gasteiger charge is 2.10. The van der Waals surface area contributed by atoms with Gasteiger partial charge in [-0.15, -0.1) is 0 Å². The Morgan fingerprint density at radius 1 is 1.21 bits per heavy atom. The van der Waals surface area contributed by atoms with Gasteiger partial charge in [0.25, 0.3) is 11.5 Å². The molecule has 1 aromatic carbocycles. The van der Waals surface area contributed by atoms with E-state index in [1.54, 1.807) is 32.0 Å². The van der Waals surface area contributed by atoms with Crippen LogP contribution in [-0.4, -0.2) is 36.2 Å². The molecular weight excluding hydrogens is 310 g/mol. The maximum Gasteiger partial charge on any atom is 0.256 e. The molecule has 0 spiro atoms. The van der Waals surface area contributed by atoms with E-state index in [0.717, 1.165) is 0 Å². The first-order valence-corrected chi connectivity index (χ1v) is 7.50. The second-order valence-electron chi connectivity index (χ2n) is 5.28. The molecule has 0 bridgehead atoms. The lowest BCUT2D eigenvalue weighted by molar-refractivity contribution is 0.0951. The fourth-order valence-corrected chi connectivity index (χ4v) is 2.20. The lowest BCUT2D eigenvalue weighted by atomic mass is 10.2. The highest BCUT2D eigenvalue weighted by molar-refractivity contribution is 5.94. The molecule has 0 saturated carbocycles. The number of nitrogens with one attached hydrogen (secondary N) is 1. The van der Waals surface area contributed by atoms with Crippen molar-refractivity contribution in [1.29, 1.82) is 0 Å². The maximum absolute atomic E-state index is 12.2. The Labute approximate surface area is 140 Å². The first-order chi connectivity index (χ1) is 11.5. The Kier molecular flexibility index (Phi) is 5.57. The van der Waals surface area contributed by atoms with E-state index in [0.29, 0.717) is 41.4 Å². The zero-order chi connectivity index (χ0) is 17.7. The number of benzene rings is 1. The molecular formula is C17H21N3O4. The van der Waals surface area contributed by atoms with E-state index >= 15 is 0 Å². The largest absolute Gasteiger partial charge is 0.493 e. The molecule has 0 atom stereocenters. The summed E-state index contributed by atoms with van der Waals surface area (Å²) < 4.78 is 11.8. The van der Waals surface area contributed by atoms with Crippen molar-refractivity contribution < 1.29 is 14.3 Å². The quantitative estimate of drug-likeness (QED) is 0.863. The van der Waals surface area contributed by atoms with Crippen molar-refractivity contribution in [3.8, 4) is 11.5 Å². The van der Waals surface area contributed by atoms with E-state index in [4.69, 9.17) is 9.47 Å². The van der Waals surface area contributed by atoms with Crippen LogP contribution in [0.1, 0.15) is 21.6 Å². The summed E-state index contributed by atoms with van der Waals surface area (Å²) in [6, 6.07) is 4.93. The number of aryl methyl sites for hydroxylation is 1. The van der Waals surface area contributed by atoms with Gasteiger partial charge in [0.05, 0.1) is 20.5 Å². The third kappa shape index (κ3) is 3.73. The number of carbonyl (C=O) groups excluding carboxylic acids is 1. The van der Waals surface area contributed by atoms with Crippen LogP contribution < -0.4 is 20.3 Å². The van der Waals surface area contributed by atoms with Gasteiger partial charge in [0.15, 0.2) is 11.5 Å². The minimum atomic E-state index is -0.249. The lowest BCUT2D eigenvalue weighted by Crippen LogP contribution is -2.32. The monoisotopic (exact) mass is 331 g/mol. The lowest BCUT2D eigenvalue weighted by Gasteiger charge is -2.11. The Bertz CT molecular complexity index is 799. The van der Waals surface area contributed by atoms with Gasteiger partial charge in [0.2, 0.25) is 0 Å². The van der Waals surface area contributed by atoms with Crippen LogP contribution in [0.3, 0.4) is 0 Å². The molecule has 0 aliphatic heterocycles. The number of methoxy groups -OCH3 is 2. The molecule has 1 heterocycles. The highest BCUT2D eigenvalue weighted by atomic mass is 16.5. The summed E-state index contributed by atoms with van der Waals surface area (Å²) in [6.07, 6.45) is 1.49. The maximum atomic E-state index is 12.2. The smallest absolute Gasteiger partial charge is 0.256 e. The van der Waals surface area contributed by atoms with Gasteiger partial charge in [-0.2, -0.15) is 0 Å². The van der Waals surface area contributed by atoms with Gasteiger partial charge in [-0.05, 0) is 32.0 Å². The second kappa shape index (κ2) is 7.63. The molecule has 0 fully saturated rings. The standard InChI is InChI=1S/C17H21N3O4/c1-11-12(2)19-10-20(17(11)22)8-7-18-16(21)13-5-6-14(23-3)15(9-13)24-4/h5-6,9-10H,7-8H2,1-4H3,(H,18,21). The van der Waals surface area contributed by atoms with Crippen molar-refractivity contribution in [2.24, 2.45) is 0 Å². The topological polar surface area (TPSA) is 82.5 Å². The highest BCUT2D eigenvalue weighted by Crippen LogP contribution is 2.27. The summed E-state index contributed by atoms with van der Waals surface area (Å²) in [4.78, 5) is 28.4. The summed E-state index contributed by atoms with van der Waals surface area (Å²) in [5, 5.41) is 2.77. The molecule has 24 heavy (non-hydrogen) atoms. The Morgan fingerprint density at radius 3 is 2.58 bits per heavy atom. The zero-order valence-corrected chi connectivity index (χ0v) is 14.3. The van der Waals surface area contributed by atoms with Crippen molar-refractivity contribution in [3.63, 3.8) is 0 Å². The molecule has 0 aliphatic carbocycles. The van der Waals surface area contributed by atoms with Crippen molar-refractivity contribution in [3.05, 3.63) is 51.7 Å². The summed E-state index contributed by atoms with van der Waals surface area (Å²) in [5.41, 5.74) is 1.69. The number of hydrogen-bond acceptors (Lipinski definition) is 5. The molecule has 1 amide bonds. The van der Waals surface area contributed by atoms with Crippen molar-refractivity contribution in [1.82, 2.24) is 14.9 Å². The zero-order valence-electron chi connectivity index (χ0n) is 14.3. The number of aromatic nitrogens is 2. The van der Waals surface area contributed by atoms with Gasteiger partial charge in [0.1, 0.15) is 0 Å². The number of amides is 1. The predicted octanol–water partition coefficient (Wildman–Crippen LogP) is 1.31. The van der Waals surface area contributed by atoms with Crippen molar-refractivity contribution >= 4 is 5.91 Å². The van der Waals surface area contributed by atoms with Crippen LogP contribution in [0.25, 0.3) is 0 Å². The average molecular weight is 331 g/mol. The molecule has 7 heteroatoms. The molecule has 1 aromatic heterocycles. The van der Waals surface area contributed by atoms with Crippen molar-refractivity contribution in [2.45, 2.75) is 20.4 Å². The number of carbonyl (C=O) groups is 1. The van der Waals surface area contributed by atoms with Gasteiger partial charge in [-0.25, -0.2) is 4.98 Å². The van der Waals surface area contributed by atoms with Crippen LogP contribution in [0.4, 0.5) is 0 Å². The Morgan fingerprint density at radius 2 is 1.92 bits per heavy atom. The first-order valence-electron chi connectivity index (χ1n) is 7.50. The number of nitrogens with zero attached hydrogens (tertiary/aromatic N) is 2. The van der Waals surface area contributed by atoms with Gasteiger partial charge in [-0.3, -0.25) is 14.2 Å². The Hall–Kier alpha value is -2.83. The van der Waals surface area contributed by atoms with Crippen LogP contribution in [0.5, 0.6) is 11.5 Å². The summed E-state index contributed by atoms with van der Waals surface area (Å²) in [7, 11) is 3.05. The minimum absolute atomic E-state index is 0.0946. The molecule has 1 N–H and O–H groups in total. The van der Waals surface area contributed by atoms with Gasteiger partial charge >= 0.3 is 0 Å². The fourth-order valence-electron chi connectivity index (χ4n) is 2.20. The SMILES string of the molecule is COc1ccc(C(=O)NCCn2cnc(C)c(C)c2=O)cc1OC. The normalized spacial score (nSPS) is 10.3. The van der Waals surface area contributed by atoms with E-state index in [1.165, 1.54) is 25.1 Å². The molecule has 0 aliphatic rings. The molecule has 0 radical (unpaired) electrons. The molecule has 0 saturated heterocycles. The molecule has 128 valence electrons. The van der Waals surface area contributed by atoms with E-state index in [2.05, 4.69) is 10.3 Å².